The average Bonchev–Trinajstić information content (AvgIpc) is 2.99. The lowest BCUT2D eigenvalue weighted by molar-refractivity contribution is -0.122. The molecule has 0 aliphatic heterocycles. The van der Waals surface area contributed by atoms with E-state index >= 15 is 0 Å². The molecule has 0 aliphatic rings. The van der Waals surface area contributed by atoms with E-state index in [9.17, 15) is 4.79 Å². The van der Waals surface area contributed by atoms with Gasteiger partial charge in [0.25, 0.3) is 5.91 Å². The van der Waals surface area contributed by atoms with Crippen molar-refractivity contribution in [3.8, 4) is 5.75 Å². The number of halogens is 1. The number of amides is 1. The minimum atomic E-state index is -0.627. The number of nitrogens with one attached hydrogen (secondary N) is 1. The fourth-order valence-corrected chi connectivity index (χ4v) is 4.63. The second-order valence-corrected chi connectivity index (χ2v) is 8.73. The molecule has 0 saturated carbocycles. The molecule has 1 unspecified atom stereocenters. The zero-order chi connectivity index (χ0) is 18.7. The molecule has 26 heavy (non-hydrogen) atoms. The molecular weight excluding hydrogens is 388 g/mol. The van der Waals surface area contributed by atoms with Crippen LogP contribution in [0.15, 0.2) is 40.7 Å². The SMILES string of the molecule is CCSc1nc2ccc(NC(=O)C(C)Oc3ccc(Cl)cc3C)cc2s1. The van der Waals surface area contributed by atoms with Crippen LogP contribution in [0.3, 0.4) is 0 Å². The third-order valence-corrected chi connectivity index (χ3v) is 5.99. The summed E-state index contributed by atoms with van der Waals surface area (Å²) in [5.74, 6) is 1.44. The Balaban J connectivity index is 1.69. The van der Waals surface area contributed by atoms with Gasteiger partial charge in [-0.25, -0.2) is 4.98 Å². The number of thiazole rings is 1. The number of benzene rings is 2. The lowest BCUT2D eigenvalue weighted by Gasteiger charge is -2.16. The van der Waals surface area contributed by atoms with Crippen LogP contribution in [0.5, 0.6) is 5.75 Å². The highest BCUT2D eigenvalue weighted by Gasteiger charge is 2.16. The maximum atomic E-state index is 12.5. The van der Waals surface area contributed by atoms with Crippen LogP contribution >= 0.6 is 34.7 Å². The Morgan fingerprint density at radius 3 is 2.88 bits per heavy atom. The van der Waals surface area contributed by atoms with Crippen LogP contribution in [0.25, 0.3) is 10.2 Å². The second-order valence-electron chi connectivity index (χ2n) is 5.75. The molecule has 2 aromatic carbocycles. The standard InChI is InChI=1S/C19H19ClN2O2S2/c1-4-25-19-22-15-7-6-14(10-17(15)26-19)21-18(23)12(3)24-16-8-5-13(20)9-11(16)2/h5-10,12H,4H2,1-3H3,(H,21,23). The molecule has 0 aliphatic carbocycles. The van der Waals surface area contributed by atoms with Crippen LogP contribution in [0.4, 0.5) is 5.69 Å². The summed E-state index contributed by atoms with van der Waals surface area (Å²) < 4.78 is 7.87. The van der Waals surface area contributed by atoms with Gasteiger partial charge in [-0.05, 0) is 61.6 Å². The fourth-order valence-electron chi connectivity index (χ4n) is 2.40. The molecule has 3 aromatic rings. The number of rotatable bonds is 6. The first-order chi connectivity index (χ1) is 12.5. The van der Waals surface area contributed by atoms with Crippen LogP contribution in [-0.2, 0) is 4.79 Å². The van der Waals surface area contributed by atoms with Gasteiger partial charge in [0.15, 0.2) is 10.4 Å². The van der Waals surface area contributed by atoms with E-state index in [0.717, 1.165) is 31.6 Å². The van der Waals surface area contributed by atoms with E-state index in [4.69, 9.17) is 16.3 Å². The largest absolute Gasteiger partial charge is 0.481 e. The second kappa shape index (κ2) is 8.29. The molecule has 0 saturated heterocycles. The summed E-state index contributed by atoms with van der Waals surface area (Å²) in [7, 11) is 0. The smallest absolute Gasteiger partial charge is 0.265 e. The van der Waals surface area contributed by atoms with Gasteiger partial charge in [-0.15, -0.1) is 11.3 Å². The third-order valence-electron chi connectivity index (χ3n) is 3.71. The quantitative estimate of drug-likeness (QED) is 0.527. The van der Waals surface area contributed by atoms with Gasteiger partial charge in [-0.3, -0.25) is 4.79 Å². The van der Waals surface area contributed by atoms with Crippen LogP contribution < -0.4 is 10.1 Å². The number of carbonyl (C=O) groups excluding carboxylic acids is 1. The Morgan fingerprint density at radius 2 is 2.15 bits per heavy atom. The zero-order valence-electron chi connectivity index (χ0n) is 14.7. The molecule has 0 radical (unpaired) electrons. The van der Waals surface area contributed by atoms with Crippen molar-refractivity contribution in [2.75, 3.05) is 11.1 Å². The monoisotopic (exact) mass is 406 g/mol. The number of aromatic nitrogens is 1. The summed E-state index contributed by atoms with van der Waals surface area (Å²) in [6, 6.07) is 11.1. The van der Waals surface area contributed by atoms with Gasteiger partial charge in [0.2, 0.25) is 0 Å². The lowest BCUT2D eigenvalue weighted by atomic mass is 10.2. The van der Waals surface area contributed by atoms with Gasteiger partial charge >= 0.3 is 0 Å². The van der Waals surface area contributed by atoms with Crippen molar-refractivity contribution in [1.29, 1.82) is 0 Å². The van der Waals surface area contributed by atoms with Crippen LogP contribution in [0, 0.1) is 6.92 Å². The molecule has 7 heteroatoms. The van der Waals surface area contributed by atoms with Gasteiger partial charge in [0.05, 0.1) is 10.2 Å². The highest BCUT2D eigenvalue weighted by molar-refractivity contribution is 8.01. The molecule has 0 bridgehead atoms. The molecule has 1 heterocycles. The molecule has 0 spiro atoms. The maximum Gasteiger partial charge on any atom is 0.265 e. The van der Waals surface area contributed by atoms with E-state index in [0.29, 0.717) is 10.8 Å². The molecule has 4 nitrogen and oxygen atoms in total. The normalized spacial score (nSPS) is 12.2. The van der Waals surface area contributed by atoms with E-state index in [-0.39, 0.29) is 5.91 Å². The predicted octanol–water partition coefficient (Wildman–Crippen LogP) is 5.78. The highest BCUT2D eigenvalue weighted by Crippen LogP contribution is 2.31. The Morgan fingerprint density at radius 1 is 1.35 bits per heavy atom. The summed E-state index contributed by atoms with van der Waals surface area (Å²) in [5, 5.41) is 3.55. The number of hydrogen-bond donors (Lipinski definition) is 1. The van der Waals surface area contributed by atoms with Crippen molar-refractivity contribution in [2.24, 2.45) is 0 Å². The van der Waals surface area contributed by atoms with E-state index in [1.54, 1.807) is 42.2 Å². The number of ether oxygens (including phenoxy) is 1. The first kappa shape index (κ1) is 19.0. The van der Waals surface area contributed by atoms with Gasteiger partial charge in [0, 0.05) is 10.7 Å². The minimum absolute atomic E-state index is 0.202. The van der Waals surface area contributed by atoms with E-state index < -0.39 is 6.10 Å². The van der Waals surface area contributed by atoms with Crippen molar-refractivity contribution in [3.05, 3.63) is 47.0 Å². The minimum Gasteiger partial charge on any atom is -0.481 e. The maximum absolute atomic E-state index is 12.5. The van der Waals surface area contributed by atoms with Crippen molar-refractivity contribution >= 4 is 56.5 Å². The third kappa shape index (κ3) is 4.50. The fraction of sp³-hybridized carbons (Fsp3) is 0.263. The Hall–Kier alpha value is -1.76. The van der Waals surface area contributed by atoms with Crippen LogP contribution in [-0.4, -0.2) is 22.7 Å². The Labute approximate surface area is 165 Å². The summed E-state index contributed by atoms with van der Waals surface area (Å²) in [6.07, 6.45) is -0.627. The van der Waals surface area contributed by atoms with E-state index in [2.05, 4.69) is 17.2 Å². The molecular formula is C19H19ClN2O2S2. The van der Waals surface area contributed by atoms with Crippen LogP contribution in [0.2, 0.25) is 5.02 Å². The summed E-state index contributed by atoms with van der Waals surface area (Å²) >= 11 is 9.31. The van der Waals surface area contributed by atoms with Crippen molar-refractivity contribution < 1.29 is 9.53 Å². The number of aryl methyl sites for hydroxylation is 1. The van der Waals surface area contributed by atoms with E-state index in [1.807, 2.05) is 31.2 Å². The van der Waals surface area contributed by atoms with Gasteiger partial charge in [-0.1, -0.05) is 30.3 Å². The average molecular weight is 407 g/mol. The van der Waals surface area contributed by atoms with Crippen molar-refractivity contribution in [2.45, 2.75) is 31.2 Å². The highest BCUT2D eigenvalue weighted by atomic mass is 35.5. The lowest BCUT2D eigenvalue weighted by Crippen LogP contribution is -2.30. The Bertz CT molecular complexity index is 942. The number of fused-ring (bicyclic) bond motifs is 1. The number of thioether (sulfide) groups is 1. The van der Waals surface area contributed by atoms with Gasteiger partial charge < -0.3 is 10.1 Å². The molecule has 1 N–H and O–H groups in total. The van der Waals surface area contributed by atoms with Gasteiger partial charge in [-0.2, -0.15) is 0 Å². The van der Waals surface area contributed by atoms with Crippen LogP contribution in [0.1, 0.15) is 19.4 Å². The molecule has 1 atom stereocenters. The number of nitrogens with zero attached hydrogens (tertiary/aromatic N) is 1. The number of carbonyl (C=O) groups is 1. The molecule has 1 aromatic heterocycles. The topological polar surface area (TPSA) is 51.2 Å². The van der Waals surface area contributed by atoms with Gasteiger partial charge in [0.1, 0.15) is 5.75 Å². The summed E-state index contributed by atoms with van der Waals surface area (Å²) in [6.45, 7) is 5.73. The van der Waals surface area contributed by atoms with Crippen molar-refractivity contribution in [1.82, 2.24) is 4.98 Å². The number of anilines is 1. The first-order valence-corrected chi connectivity index (χ1v) is 10.4. The zero-order valence-corrected chi connectivity index (χ0v) is 17.1. The summed E-state index contributed by atoms with van der Waals surface area (Å²) in [5.41, 5.74) is 2.58. The molecule has 0 fully saturated rings. The first-order valence-electron chi connectivity index (χ1n) is 8.23. The predicted molar refractivity (Wildman–Crippen MR) is 111 cm³/mol. The molecule has 136 valence electrons. The number of hydrogen-bond acceptors (Lipinski definition) is 5. The van der Waals surface area contributed by atoms with Crippen molar-refractivity contribution in [3.63, 3.8) is 0 Å². The van der Waals surface area contributed by atoms with E-state index in [1.165, 1.54) is 0 Å². The Kier molecular flexibility index (Phi) is 6.06. The molecule has 3 rings (SSSR count). The molecule has 1 amide bonds. The summed E-state index contributed by atoms with van der Waals surface area (Å²) in [4.78, 5) is 17.0.